The number of anilines is 2. The first-order valence-corrected chi connectivity index (χ1v) is 9.81. The van der Waals surface area contributed by atoms with Crippen molar-refractivity contribution >= 4 is 45.7 Å². The van der Waals surface area contributed by atoms with Gasteiger partial charge in [-0.3, -0.25) is 14.5 Å². The molecule has 0 atom stereocenters. The maximum absolute atomic E-state index is 13.5. The van der Waals surface area contributed by atoms with Gasteiger partial charge in [0.25, 0.3) is 0 Å². The zero-order valence-electron chi connectivity index (χ0n) is 13.9. The minimum atomic E-state index is -0.834. The molecule has 2 aromatic rings. The van der Waals surface area contributed by atoms with Gasteiger partial charge in [-0.15, -0.1) is 10.2 Å². The number of thioether (sulfide) groups is 1. The topological polar surface area (TPSA) is 75.2 Å². The molecule has 2 amide bonds. The molecule has 1 heterocycles. The van der Waals surface area contributed by atoms with Gasteiger partial charge in [0.1, 0.15) is 11.6 Å². The van der Waals surface area contributed by atoms with Crippen molar-refractivity contribution in [3.05, 3.63) is 29.8 Å². The van der Waals surface area contributed by atoms with Crippen molar-refractivity contribution in [1.82, 2.24) is 10.2 Å². The lowest BCUT2D eigenvalue weighted by molar-refractivity contribution is -0.118. The van der Waals surface area contributed by atoms with Gasteiger partial charge in [0.2, 0.25) is 16.9 Å². The van der Waals surface area contributed by atoms with Crippen molar-refractivity contribution in [1.29, 1.82) is 0 Å². The molecule has 10 heteroatoms. The molecule has 0 unspecified atom stereocenters. The van der Waals surface area contributed by atoms with Crippen molar-refractivity contribution < 1.29 is 18.4 Å². The Balaban J connectivity index is 1.57. The van der Waals surface area contributed by atoms with Crippen LogP contribution in [0.25, 0.3) is 0 Å². The van der Waals surface area contributed by atoms with Gasteiger partial charge in [0.05, 0.1) is 11.4 Å². The molecule has 1 aliphatic rings. The van der Waals surface area contributed by atoms with Crippen LogP contribution in [0, 0.1) is 11.6 Å². The van der Waals surface area contributed by atoms with Crippen LogP contribution in [0.3, 0.4) is 0 Å². The van der Waals surface area contributed by atoms with Gasteiger partial charge in [-0.1, -0.05) is 30.0 Å². The van der Waals surface area contributed by atoms with Crippen LogP contribution < -0.4 is 10.2 Å². The first-order chi connectivity index (χ1) is 12.5. The summed E-state index contributed by atoms with van der Waals surface area (Å²) in [6.45, 7) is 1.80. The van der Waals surface area contributed by atoms with E-state index in [4.69, 9.17) is 0 Å². The van der Waals surface area contributed by atoms with Gasteiger partial charge in [0.15, 0.2) is 4.34 Å². The second-order valence-corrected chi connectivity index (χ2v) is 7.84. The minimum absolute atomic E-state index is 0.00337. The zero-order chi connectivity index (χ0) is 18.7. The Morgan fingerprint density at radius 3 is 2.77 bits per heavy atom. The number of nitrogens with zero attached hydrogens (tertiary/aromatic N) is 3. The summed E-state index contributed by atoms with van der Waals surface area (Å²) in [5.41, 5.74) is -0.0802. The SMILES string of the molecule is CCC(=O)N(c1nnc(SCC(=O)Nc2ccc(F)cc2F)s1)C1CC1. The molecule has 138 valence electrons. The highest BCUT2D eigenvalue weighted by atomic mass is 32.2. The lowest BCUT2D eigenvalue weighted by Gasteiger charge is -2.17. The normalized spacial score (nSPS) is 13.5. The number of aromatic nitrogens is 2. The van der Waals surface area contributed by atoms with E-state index in [1.807, 2.05) is 0 Å². The lowest BCUT2D eigenvalue weighted by atomic mass is 10.3. The molecule has 0 aliphatic heterocycles. The van der Waals surface area contributed by atoms with E-state index in [0.717, 1.165) is 30.7 Å². The zero-order valence-corrected chi connectivity index (χ0v) is 15.5. The number of nitrogens with one attached hydrogen (secondary N) is 1. The molecule has 6 nitrogen and oxygen atoms in total. The number of benzene rings is 1. The number of rotatable bonds is 7. The summed E-state index contributed by atoms with van der Waals surface area (Å²) in [6, 6.07) is 3.13. The molecule has 1 aliphatic carbocycles. The summed E-state index contributed by atoms with van der Waals surface area (Å²) in [4.78, 5) is 25.7. The summed E-state index contributed by atoms with van der Waals surface area (Å²) in [5.74, 6) is -1.99. The van der Waals surface area contributed by atoms with Crippen LogP contribution >= 0.6 is 23.1 Å². The van der Waals surface area contributed by atoms with Crippen LogP contribution in [0.2, 0.25) is 0 Å². The molecular formula is C16H16F2N4O2S2. The smallest absolute Gasteiger partial charge is 0.234 e. The summed E-state index contributed by atoms with van der Waals surface area (Å²) in [5, 5.41) is 11.0. The van der Waals surface area contributed by atoms with Gasteiger partial charge in [-0.05, 0) is 25.0 Å². The van der Waals surface area contributed by atoms with E-state index >= 15 is 0 Å². The molecule has 3 rings (SSSR count). The monoisotopic (exact) mass is 398 g/mol. The first kappa shape index (κ1) is 18.7. The highest BCUT2D eigenvalue weighted by Gasteiger charge is 2.35. The van der Waals surface area contributed by atoms with Gasteiger partial charge in [-0.25, -0.2) is 8.78 Å². The number of hydrogen-bond acceptors (Lipinski definition) is 6. The Labute approximate surface area is 157 Å². The Hall–Kier alpha value is -2.07. The van der Waals surface area contributed by atoms with E-state index < -0.39 is 17.5 Å². The van der Waals surface area contributed by atoms with Gasteiger partial charge in [0, 0.05) is 18.5 Å². The molecule has 26 heavy (non-hydrogen) atoms. The highest BCUT2D eigenvalue weighted by molar-refractivity contribution is 8.01. The molecule has 1 N–H and O–H groups in total. The van der Waals surface area contributed by atoms with E-state index in [2.05, 4.69) is 15.5 Å². The fourth-order valence-electron chi connectivity index (χ4n) is 2.23. The number of halogens is 2. The molecule has 1 aromatic heterocycles. The van der Waals surface area contributed by atoms with Crippen LogP contribution in [0.5, 0.6) is 0 Å². The second-order valence-electron chi connectivity index (χ2n) is 5.66. The van der Waals surface area contributed by atoms with Crippen molar-refractivity contribution in [3.8, 4) is 0 Å². The first-order valence-electron chi connectivity index (χ1n) is 8.01. The van der Waals surface area contributed by atoms with E-state index in [-0.39, 0.29) is 23.4 Å². The molecule has 1 fully saturated rings. The predicted molar refractivity (Wildman–Crippen MR) is 96.4 cm³/mol. The molecule has 0 bridgehead atoms. The lowest BCUT2D eigenvalue weighted by Crippen LogP contribution is -2.32. The highest BCUT2D eigenvalue weighted by Crippen LogP contribution is 2.36. The van der Waals surface area contributed by atoms with E-state index in [1.54, 1.807) is 11.8 Å². The Bertz CT molecular complexity index is 826. The number of hydrogen-bond donors (Lipinski definition) is 1. The Kier molecular flexibility index (Phi) is 5.82. The van der Waals surface area contributed by atoms with Gasteiger partial charge < -0.3 is 5.32 Å². The van der Waals surface area contributed by atoms with E-state index in [9.17, 15) is 18.4 Å². The fraction of sp³-hybridized carbons (Fsp3) is 0.375. The summed E-state index contributed by atoms with van der Waals surface area (Å²) < 4.78 is 27.0. The van der Waals surface area contributed by atoms with Crippen LogP contribution in [-0.4, -0.2) is 33.8 Å². The standard InChI is InChI=1S/C16H16F2N4O2S2/c1-2-14(24)22(10-4-5-10)15-20-21-16(26-15)25-8-13(23)19-12-6-3-9(17)7-11(12)18/h3,6-7,10H,2,4-5,8H2,1H3,(H,19,23). The minimum Gasteiger partial charge on any atom is -0.323 e. The van der Waals surface area contributed by atoms with Crippen molar-refractivity contribution in [2.45, 2.75) is 36.6 Å². The largest absolute Gasteiger partial charge is 0.323 e. The Morgan fingerprint density at radius 2 is 2.12 bits per heavy atom. The van der Waals surface area contributed by atoms with Crippen LogP contribution in [0.1, 0.15) is 26.2 Å². The average Bonchev–Trinajstić information content (AvgIpc) is 3.33. The number of carbonyl (C=O) groups is 2. The molecular weight excluding hydrogens is 382 g/mol. The number of amides is 2. The molecule has 1 aromatic carbocycles. The summed E-state index contributed by atoms with van der Waals surface area (Å²) in [6.07, 6.45) is 2.31. The van der Waals surface area contributed by atoms with Crippen molar-refractivity contribution in [2.24, 2.45) is 0 Å². The quantitative estimate of drug-likeness (QED) is 0.571. The van der Waals surface area contributed by atoms with E-state index in [0.29, 0.717) is 22.0 Å². The third-order valence-corrected chi connectivity index (χ3v) is 5.67. The van der Waals surface area contributed by atoms with Crippen molar-refractivity contribution in [3.63, 3.8) is 0 Å². The molecule has 1 saturated carbocycles. The third kappa shape index (κ3) is 4.55. The number of carbonyl (C=O) groups excluding carboxylic acids is 2. The molecule has 0 radical (unpaired) electrons. The van der Waals surface area contributed by atoms with Crippen LogP contribution in [0.15, 0.2) is 22.5 Å². The summed E-state index contributed by atoms with van der Waals surface area (Å²) >= 11 is 2.39. The predicted octanol–water partition coefficient (Wildman–Crippen LogP) is 3.45. The average molecular weight is 398 g/mol. The Morgan fingerprint density at radius 1 is 1.35 bits per heavy atom. The van der Waals surface area contributed by atoms with Crippen LogP contribution in [0.4, 0.5) is 19.6 Å². The molecule has 0 saturated heterocycles. The fourth-order valence-corrected chi connectivity index (χ4v) is 3.96. The maximum Gasteiger partial charge on any atom is 0.234 e. The van der Waals surface area contributed by atoms with Crippen LogP contribution in [-0.2, 0) is 9.59 Å². The van der Waals surface area contributed by atoms with Crippen molar-refractivity contribution in [2.75, 3.05) is 16.0 Å². The van der Waals surface area contributed by atoms with Gasteiger partial charge in [-0.2, -0.15) is 0 Å². The maximum atomic E-state index is 13.5. The molecule has 0 spiro atoms. The van der Waals surface area contributed by atoms with Gasteiger partial charge >= 0.3 is 0 Å². The van der Waals surface area contributed by atoms with E-state index in [1.165, 1.54) is 17.4 Å². The summed E-state index contributed by atoms with van der Waals surface area (Å²) in [7, 11) is 0. The second kappa shape index (κ2) is 8.09. The third-order valence-electron chi connectivity index (χ3n) is 3.62.